The number of allylic oxidation sites excluding steroid dienone is 3. The van der Waals surface area contributed by atoms with Crippen LogP contribution in [0.2, 0.25) is 0 Å². The molecule has 19 heavy (non-hydrogen) atoms. The SMILES string of the molecule is C=CCC1(C/C=C/C)CNN(Cc2ccccc2)C1. The molecule has 1 aliphatic heterocycles. The Balaban J connectivity index is 1.98. The van der Waals surface area contributed by atoms with Gasteiger partial charge in [0.05, 0.1) is 0 Å². The largest absolute Gasteiger partial charge is 0.254 e. The van der Waals surface area contributed by atoms with Crippen molar-refractivity contribution in [3.05, 3.63) is 60.7 Å². The molecule has 2 nitrogen and oxygen atoms in total. The van der Waals surface area contributed by atoms with Crippen LogP contribution in [0.15, 0.2) is 55.1 Å². The van der Waals surface area contributed by atoms with E-state index in [9.17, 15) is 0 Å². The summed E-state index contributed by atoms with van der Waals surface area (Å²) in [6.45, 7) is 9.09. The van der Waals surface area contributed by atoms with Gasteiger partial charge in [-0.2, -0.15) is 0 Å². The van der Waals surface area contributed by atoms with Gasteiger partial charge in [-0.1, -0.05) is 48.6 Å². The van der Waals surface area contributed by atoms with Crippen LogP contribution >= 0.6 is 0 Å². The summed E-state index contributed by atoms with van der Waals surface area (Å²) in [5.41, 5.74) is 5.21. The summed E-state index contributed by atoms with van der Waals surface area (Å²) in [7, 11) is 0. The minimum atomic E-state index is 0.309. The first kappa shape index (κ1) is 14.0. The first-order valence-corrected chi connectivity index (χ1v) is 7.02. The minimum absolute atomic E-state index is 0.309. The maximum atomic E-state index is 3.92. The molecule has 1 N–H and O–H groups in total. The van der Waals surface area contributed by atoms with Crippen molar-refractivity contribution in [3.63, 3.8) is 0 Å². The molecule has 0 saturated carbocycles. The Kier molecular flexibility index (Phi) is 4.94. The predicted molar refractivity (Wildman–Crippen MR) is 81.5 cm³/mol. The fourth-order valence-electron chi connectivity index (χ4n) is 2.74. The zero-order valence-corrected chi connectivity index (χ0v) is 11.8. The van der Waals surface area contributed by atoms with Crippen LogP contribution in [0.5, 0.6) is 0 Å². The lowest BCUT2D eigenvalue weighted by Gasteiger charge is -2.25. The van der Waals surface area contributed by atoms with E-state index in [2.05, 4.69) is 72.5 Å². The quantitative estimate of drug-likeness (QED) is 0.783. The van der Waals surface area contributed by atoms with Gasteiger partial charge in [0.15, 0.2) is 0 Å². The molecule has 102 valence electrons. The second-order valence-electron chi connectivity index (χ2n) is 5.44. The molecule has 1 aromatic carbocycles. The van der Waals surface area contributed by atoms with E-state index in [1.165, 1.54) is 5.56 Å². The summed E-state index contributed by atoms with van der Waals surface area (Å²) in [5, 5.41) is 2.34. The average Bonchev–Trinajstić information content (AvgIpc) is 2.82. The van der Waals surface area contributed by atoms with Gasteiger partial charge in [0, 0.05) is 25.0 Å². The van der Waals surface area contributed by atoms with Crippen LogP contribution in [0, 0.1) is 5.41 Å². The second kappa shape index (κ2) is 6.69. The smallest absolute Gasteiger partial charge is 0.0382 e. The Morgan fingerprint density at radius 3 is 2.79 bits per heavy atom. The third-order valence-corrected chi connectivity index (χ3v) is 3.78. The monoisotopic (exact) mass is 256 g/mol. The van der Waals surface area contributed by atoms with Crippen LogP contribution < -0.4 is 5.43 Å². The van der Waals surface area contributed by atoms with Gasteiger partial charge >= 0.3 is 0 Å². The predicted octanol–water partition coefficient (Wildman–Crippen LogP) is 3.54. The lowest BCUT2D eigenvalue weighted by molar-refractivity contribution is 0.219. The molecule has 1 atom stereocenters. The van der Waals surface area contributed by atoms with E-state index in [0.717, 1.165) is 32.5 Å². The van der Waals surface area contributed by atoms with Gasteiger partial charge in [0.25, 0.3) is 0 Å². The lowest BCUT2D eigenvalue weighted by atomic mass is 9.82. The van der Waals surface area contributed by atoms with Crippen molar-refractivity contribution in [3.8, 4) is 0 Å². The molecule has 1 heterocycles. The van der Waals surface area contributed by atoms with Gasteiger partial charge in [-0.3, -0.25) is 5.43 Å². The third kappa shape index (κ3) is 3.79. The van der Waals surface area contributed by atoms with E-state index in [1.807, 2.05) is 0 Å². The van der Waals surface area contributed by atoms with E-state index in [-0.39, 0.29) is 0 Å². The summed E-state index contributed by atoms with van der Waals surface area (Å²) in [6, 6.07) is 10.6. The molecule has 0 bridgehead atoms. The Morgan fingerprint density at radius 2 is 2.11 bits per heavy atom. The molecule has 2 rings (SSSR count). The number of hydrogen-bond acceptors (Lipinski definition) is 2. The van der Waals surface area contributed by atoms with Crippen molar-refractivity contribution >= 4 is 0 Å². The van der Waals surface area contributed by atoms with Gasteiger partial charge in [-0.25, -0.2) is 5.01 Å². The highest BCUT2D eigenvalue weighted by molar-refractivity contribution is 5.14. The van der Waals surface area contributed by atoms with Crippen molar-refractivity contribution in [2.24, 2.45) is 5.41 Å². The second-order valence-corrected chi connectivity index (χ2v) is 5.44. The van der Waals surface area contributed by atoms with Crippen LogP contribution in [-0.4, -0.2) is 18.1 Å². The normalized spacial score (nSPS) is 24.1. The molecule has 1 saturated heterocycles. The van der Waals surface area contributed by atoms with E-state index >= 15 is 0 Å². The van der Waals surface area contributed by atoms with Crippen LogP contribution in [0.1, 0.15) is 25.3 Å². The summed E-state index contributed by atoms with van der Waals surface area (Å²) in [5.74, 6) is 0. The fourth-order valence-corrected chi connectivity index (χ4v) is 2.74. The zero-order valence-electron chi connectivity index (χ0n) is 11.8. The molecule has 0 spiro atoms. The van der Waals surface area contributed by atoms with Crippen molar-refractivity contribution < 1.29 is 0 Å². The summed E-state index contributed by atoms with van der Waals surface area (Å²) in [6.07, 6.45) is 8.66. The van der Waals surface area contributed by atoms with Gasteiger partial charge in [0.2, 0.25) is 0 Å². The first-order chi connectivity index (χ1) is 9.28. The highest BCUT2D eigenvalue weighted by Gasteiger charge is 2.35. The highest BCUT2D eigenvalue weighted by Crippen LogP contribution is 2.32. The maximum Gasteiger partial charge on any atom is 0.0382 e. The van der Waals surface area contributed by atoms with Crippen molar-refractivity contribution in [2.45, 2.75) is 26.3 Å². The number of nitrogens with one attached hydrogen (secondary N) is 1. The van der Waals surface area contributed by atoms with Crippen molar-refractivity contribution in [1.29, 1.82) is 0 Å². The standard InChI is InChI=1S/C17H24N2/c1-3-5-12-17(11-4-2)14-18-19(15-17)13-16-9-7-6-8-10-16/h3-10,18H,2,11-15H2,1H3/b5-3+. The summed E-state index contributed by atoms with van der Waals surface area (Å²) in [4.78, 5) is 0. The molecule has 0 aromatic heterocycles. The number of rotatable bonds is 6. The molecular weight excluding hydrogens is 232 g/mol. The molecule has 1 fully saturated rings. The van der Waals surface area contributed by atoms with Gasteiger partial charge in [0.1, 0.15) is 0 Å². The lowest BCUT2D eigenvalue weighted by Crippen LogP contribution is -2.30. The Bertz CT molecular complexity index is 424. The number of hydrogen-bond donors (Lipinski definition) is 1. The summed E-state index contributed by atoms with van der Waals surface area (Å²) < 4.78 is 0. The molecule has 1 aromatic rings. The number of benzene rings is 1. The van der Waals surface area contributed by atoms with E-state index in [0.29, 0.717) is 5.41 Å². The molecule has 1 aliphatic rings. The average molecular weight is 256 g/mol. The van der Waals surface area contributed by atoms with Crippen LogP contribution in [-0.2, 0) is 6.54 Å². The van der Waals surface area contributed by atoms with Crippen molar-refractivity contribution in [1.82, 2.24) is 10.4 Å². The fraction of sp³-hybridized carbons (Fsp3) is 0.412. The van der Waals surface area contributed by atoms with E-state index in [4.69, 9.17) is 0 Å². The topological polar surface area (TPSA) is 15.3 Å². The van der Waals surface area contributed by atoms with Crippen LogP contribution in [0.4, 0.5) is 0 Å². The zero-order chi connectivity index (χ0) is 13.6. The maximum absolute atomic E-state index is 3.92. The minimum Gasteiger partial charge on any atom is -0.254 e. The Labute approximate surface area is 116 Å². The van der Waals surface area contributed by atoms with Crippen molar-refractivity contribution in [2.75, 3.05) is 13.1 Å². The van der Waals surface area contributed by atoms with E-state index in [1.54, 1.807) is 0 Å². The molecular formula is C17H24N2. The van der Waals surface area contributed by atoms with Gasteiger partial charge < -0.3 is 0 Å². The number of hydrazine groups is 1. The van der Waals surface area contributed by atoms with Gasteiger partial charge in [-0.15, -0.1) is 6.58 Å². The molecule has 2 heteroatoms. The molecule has 1 unspecified atom stereocenters. The molecule has 0 amide bonds. The molecule has 0 aliphatic carbocycles. The first-order valence-electron chi connectivity index (χ1n) is 7.02. The molecule has 0 radical (unpaired) electrons. The Morgan fingerprint density at radius 1 is 1.32 bits per heavy atom. The summed E-state index contributed by atoms with van der Waals surface area (Å²) >= 11 is 0. The number of nitrogens with zero attached hydrogens (tertiary/aromatic N) is 1. The Hall–Kier alpha value is -1.38. The third-order valence-electron chi connectivity index (χ3n) is 3.78. The van der Waals surface area contributed by atoms with E-state index < -0.39 is 0 Å². The van der Waals surface area contributed by atoms with Gasteiger partial charge in [-0.05, 0) is 25.3 Å². The van der Waals surface area contributed by atoms with Crippen LogP contribution in [0.25, 0.3) is 0 Å². The van der Waals surface area contributed by atoms with Crippen LogP contribution in [0.3, 0.4) is 0 Å². The highest BCUT2D eigenvalue weighted by atomic mass is 15.5.